The van der Waals surface area contributed by atoms with Gasteiger partial charge in [-0.15, -0.1) is 0 Å². The third kappa shape index (κ3) is 2.80. The SMILES string of the molecule is CC.CC.Cc1[nH]nc2cncnc12. The Kier molecular flexibility index (Phi) is 6.28. The van der Waals surface area contributed by atoms with E-state index in [1.54, 1.807) is 6.20 Å². The summed E-state index contributed by atoms with van der Waals surface area (Å²) in [7, 11) is 0. The molecule has 2 heterocycles. The maximum absolute atomic E-state index is 4.04. The lowest BCUT2D eigenvalue weighted by molar-refractivity contribution is 1.07. The molecule has 1 N–H and O–H groups in total. The summed E-state index contributed by atoms with van der Waals surface area (Å²) in [5.74, 6) is 0. The highest BCUT2D eigenvalue weighted by atomic mass is 15.1. The number of nitrogens with one attached hydrogen (secondary N) is 1. The number of aryl methyl sites for hydroxylation is 1. The highest BCUT2D eigenvalue weighted by Gasteiger charge is 1.98. The zero-order chi connectivity index (χ0) is 11.0. The maximum Gasteiger partial charge on any atom is 0.129 e. The van der Waals surface area contributed by atoms with Crippen LogP contribution in [0.4, 0.5) is 0 Å². The molecule has 0 atom stereocenters. The van der Waals surface area contributed by atoms with E-state index >= 15 is 0 Å². The summed E-state index contributed by atoms with van der Waals surface area (Å²) in [5, 5.41) is 6.79. The number of nitrogens with zero attached hydrogens (tertiary/aromatic N) is 3. The zero-order valence-corrected chi connectivity index (χ0v) is 9.50. The topological polar surface area (TPSA) is 54.5 Å². The number of hydrogen-bond donors (Lipinski definition) is 1. The lowest BCUT2D eigenvalue weighted by Crippen LogP contribution is -1.77. The van der Waals surface area contributed by atoms with Crippen molar-refractivity contribution in [3.63, 3.8) is 0 Å². The summed E-state index contributed by atoms with van der Waals surface area (Å²) < 4.78 is 0. The molecule has 0 bridgehead atoms. The van der Waals surface area contributed by atoms with Gasteiger partial charge in [0.15, 0.2) is 0 Å². The van der Waals surface area contributed by atoms with E-state index in [2.05, 4.69) is 20.2 Å². The van der Waals surface area contributed by atoms with Crippen LogP contribution in [0.2, 0.25) is 0 Å². The van der Waals surface area contributed by atoms with Crippen molar-refractivity contribution in [1.29, 1.82) is 0 Å². The average Bonchev–Trinajstić information content (AvgIpc) is 2.67. The van der Waals surface area contributed by atoms with Crippen LogP contribution in [-0.2, 0) is 0 Å². The summed E-state index contributed by atoms with van der Waals surface area (Å²) in [6.07, 6.45) is 3.21. The monoisotopic (exact) mass is 194 g/mol. The first-order chi connectivity index (χ1) is 6.88. The average molecular weight is 194 g/mol. The summed E-state index contributed by atoms with van der Waals surface area (Å²) in [6.45, 7) is 9.93. The molecule has 0 saturated carbocycles. The van der Waals surface area contributed by atoms with E-state index in [1.807, 2.05) is 34.6 Å². The molecule has 0 aliphatic heterocycles. The molecule has 0 amide bonds. The molecule has 4 nitrogen and oxygen atoms in total. The molecule has 0 fully saturated rings. The first kappa shape index (κ1) is 12.6. The van der Waals surface area contributed by atoms with Crippen molar-refractivity contribution in [3.8, 4) is 0 Å². The third-order valence-electron chi connectivity index (χ3n) is 1.39. The maximum atomic E-state index is 4.04. The lowest BCUT2D eigenvalue weighted by Gasteiger charge is -1.83. The van der Waals surface area contributed by atoms with Gasteiger partial charge < -0.3 is 0 Å². The normalized spacial score (nSPS) is 8.36. The van der Waals surface area contributed by atoms with Crippen LogP contribution in [0.3, 0.4) is 0 Å². The number of aromatic nitrogens is 4. The number of aromatic amines is 1. The second-order valence-electron chi connectivity index (χ2n) is 2.11. The molecule has 2 rings (SSSR count). The first-order valence-corrected chi connectivity index (χ1v) is 4.98. The van der Waals surface area contributed by atoms with Crippen LogP contribution < -0.4 is 0 Å². The highest BCUT2D eigenvalue weighted by Crippen LogP contribution is 2.07. The van der Waals surface area contributed by atoms with Gasteiger partial charge in [0.25, 0.3) is 0 Å². The van der Waals surface area contributed by atoms with Crippen molar-refractivity contribution in [1.82, 2.24) is 20.2 Å². The van der Waals surface area contributed by atoms with Gasteiger partial charge in [0.1, 0.15) is 17.4 Å². The second-order valence-corrected chi connectivity index (χ2v) is 2.11. The van der Waals surface area contributed by atoms with Crippen LogP contribution >= 0.6 is 0 Å². The second kappa shape index (κ2) is 7.00. The molecule has 4 heteroatoms. The summed E-state index contributed by atoms with van der Waals surface area (Å²) in [5.41, 5.74) is 2.70. The van der Waals surface area contributed by atoms with Crippen LogP contribution in [0.1, 0.15) is 33.4 Å². The van der Waals surface area contributed by atoms with Crippen molar-refractivity contribution in [2.45, 2.75) is 34.6 Å². The zero-order valence-electron chi connectivity index (χ0n) is 9.50. The Morgan fingerprint density at radius 2 is 1.79 bits per heavy atom. The van der Waals surface area contributed by atoms with Crippen molar-refractivity contribution in [2.24, 2.45) is 0 Å². The van der Waals surface area contributed by atoms with Gasteiger partial charge in [0.2, 0.25) is 0 Å². The molecule has 0 radical (unpaired) electrons. The van der Waals surface area contributed by atoms with Gasteiger partial charge in [0.05, 0.1) is 11.9 Å². The van der Waals surface area contributed by atoms with Crippen molar-refractivity contribution in [3.05, 3.63) is 18.2 Å². The Morgan fingerprint density at radius 1 is 1.14 bits per heavy atom. The Bertz CT molecular complexity index is 354. The highest BCUT2D eigenvalue weighted by molar-refractivity contribution is 5.74. The van der Waals surface area contributed by atoms with Crippen molar-refractivity contribution in [2.75, 3.05) is 0 Å². The summed E-state index contributed by atoms with van der Waals surface area (Å²) >= 11 is 0. The van der Waals surface area contributed by atoms with Gasteiger partial charge in [-0.3, -0.25) is 5.10 Å². The smallest absolute Gasteiger partial charge is 0.129 e. The first-order valence-electron chi connectivity index (χ1n) is 4.98. The van der Waals surface area contributed by atoms with Crippen LogP contribution in [0.15, 0.2) is 12.5 Å². The largest absolute Gasteiger partial charge is 0.280 e. The molecule has 0 aliphatic rings. The van der Waals surface area contributed by atoms with Crippen molar-refractivity contribution < 1.29 is 0 Å². The van der Waals surface area contributed by atoms with E-state index in [4.69, 9.17) is 0 Å². The molecule has 0 aromatic carbocycles. The standard InChI is InChI=1S/C6H6N4.2C2H6/c1-4-6-5(10-9-4)2-7-3-8-6;2*1-2/h2-3H,1H3,(H,9,10);2*1-2H3. The van der Waals surface area contributed by atoms with Gasteiger partial charge in [-0.25, -0.2) is 9.97 Å². The molecule has 0 saturated heterocycles. The van der Waals surface area contributed by atoms with Gasteiger partial charge in [-0.1, -0.05) is 27.7 Å². The molecule has 2 aromatic heterocycles. The molecular formula is C10H18N4. The van der Waals surface area contributed by atoms with E-state index in [0.717, 1.165) is 16.7 Å². The molecular weight excluding hydrogens is 176 g/mol. The quantitative estimate of drug-likeness (QED) is 0.701. The summed E-state index contributed by atoms with van der Waals surface area (Å²) in [6, 6.07) is 0. The molecule has 0 aliphatic carbocycles. The Labute approximate surface area is 84.8 Å². The molecule has 78 valence electrons. The Morgan fingerprint density at radius 3 is 2.36 bits per heavy atom. The van der Waals surface area contributed by atoms with Gasteiger partial charge >= 0.3 is 0 Å². The number of rotatable bonds is 0. The lowest BCUT2D eigenvalue weighted by atomic mass is 10.4. The fourth-order valence-corrected chi connectivity index (χ4v) is 0.890. The minimum atomic E-state index is 0.819. The molecule has 2 aromatic rings. The van der Waals surface area contributed by atoms with Crippen LogP contribution in [-0.4, -0.2) is 20.2 Å². The fraction of sp³-hybridized carbons (Fsp3) is 0.500. The number of H-pyrrole nitrogens is 1. The minimum Gasteiger partial charge on any atom is -0.280 e. The third-order valence-corrected chi connectivity index (χ3v) is 1.39. The molecule has 0 unspecified atom stereocenters. The van der Waals surface area contributed by atoms with Crippen LogP contribution in [0.25, 0.3) is 11.0 Å². The molecule has 0 spiro atoms. The van der Waals surface area contributed by atoms with E-state index in [0.29, 0.717) is 0 Å². The van der Waals surface area contributed by atoms with E-state index in [-0.39, 0.29) is 0 Å². The summed E-state index contributed by atoms with van der Waals surface area (Å²) in [4.78, 5) is 7.87. The number of fused-ring (bicyclic) bond motifs is 1. The Hall–Kier alpha value is -1.45. The predicted octanol–water partition coefficient (Wildman–Crippen LogP) is 2.71. The van der Waals surface area contributed by atoms with Gasteiger partial charge in [0, 0.05) is 0 Å². The van der Waals surface area contributed by atoms with Crippen LogP contribution in [0, 0.1) is 6.92 Å². The van der Waals surface area contributed by atoms with E-state index in [1.165, 1.54) is 6.33 Å². The van der Waals surface area contributed by atoms with Crippen molar-refractivity contribution >= 4 is 11.0 Å². The molecule has 14 heavy (non-hydrogen) atoms. The number of hydrogen-bond acceptors (Lipinski definition) is 3. The predicted molar refractivity (Wildman–Crippen MR) is 59.1 cm³/mol. The van der Waals surface area contributed by atoms with Crippen LogP contribution in [0.5, 0.6) is 0 Å². The minimum absolute atomic E-state index is 0.819. The fourth-order valence-electron chi connectivity index (χ4n) is 0.890. The van der Waals surface area contributed by atoms with Gasteiger partial charge in [-0.2, -0.15) is 5.10 Å². The van der Waals surface area contributed by atoms with E-state index in [9.17, 15) is 0 Å². The van der Waals surface area contributed by atoms with Gasteiger partial charge in [-0.05, 0) is 6.92 Å². The Balaban J connectivity index is 0.000000379. The van der Waals surface area contributed by atoms with E-state index < -0.39 is 0 Å².